The molecule has 1 aromatic carbocycles. The third-order valence-corrected chi connectivity index (χ3v) is 6.38. The van der Waals surface area contributed by atoms with E-state index in [9.17, 15) is 13.2 Å². The highest BCUT2D eigenvalue weighted by Crippen LogP contribution is 2.27. The molecule has 1 N–H and O–H groups in total. The maximum absolute atomic E-state index is 12.9. The van der Waals surface area contributed by atoms with Crippen molar-refractivity contribution in [2.75, 3.05) is 18.4 Å². The molecule has 144 valence electrons. The summed E-state index contributed by atoms with van der Waals surface area (Å²) < 4.78 is 32.4. The van der Waals surface area contributed by atoms with Crippen molar-refractivity contribution < 1.29 is 17.6 Å². The van der Waals surface area contributed by atoms with Crippen molar-refractivity contribution in [2.45, 2.75) is 25.2 Å². The SMILES string of the molecule is C[C@@H]1C[C@@H](C)CN(S(=O)(=O)c2ccc(NC(=O)/C=C/c3ccco3)cc2)C1. The second kappa shape index (κ2) is 8.10. The molecule has 2 heterocycles. The minimum Gasteiger partial charge on any atom is -0.465 e. The summed E-state index contributed by atoms with van der Waals surface area (Å²) in [7, 11) is -3.52. The number of hydrogen-bond donors (Lipinski definition) is 1. The number of carbonyl (C=O) groups excluding carboxylic acids is 1. The number of nitrogens with one attached hydrogen (secondary N) is 1. The van der Waals surface area contributed by atoms with Crippen LogP contribution in [0, 0.1) is 11.8 Å². The van der Waals surface area contributed by atoms with Gasteiger partial charge in [0.2, 0.25) is 15.9 Å². The molecule has 1 fully saturated rings. The van der Waals surface area contributed by atoms with Crippen LogP contribution < -0.4 is 5.32 Å². The van der Waals surface area contributed by atoms with Gasteiger partial charge in [-0.25, -0.2) is 8.42 Å². The number of benzene rings is 1. The Labute approximate surface area is 159 Å². The molecule has 2 atom stereocenters. The van der Waals surface area contributed by atoms with Crippen LogP contribution in [0.3, 0.4) is 0 Å². The zero-order valence-corrected chi connectivity index (χ0v) is 16.3. The van der Waals surface area contributed by atoms with E-state index >= 15 is 0 Å². The Kier molecular flexibility index (Phi) is 5.82. The van der Waals surface area contributed by atoms with Gasteiger partial charge in [0.25, 0.3) is 0 Å². The summed E-state index contributed by atoms with van der Waals surface area (Å²) in [5.41, 5.74) is 0.531. The van der Waals surface area contributed by atoms with E-state index in [1.54, 1.807) is 34.6 Å². The van der Waals surface area contributed by atoms with Gasteiger partial charge in [0.05, 0.1) is 11.2 Å². The predicted molar refractivity (Wildman–Crippen MR) is 105 cm³/mol. The molecular formula is C20H24N2O4S. The average Bonchev–Trinajstić information content (AvgIpc) is 3.13. The molecule has 0 unspecified atom stereocenters. The Hall–Kier alpha value is -2.38. The number of nitrogens with zero attached hydrogens (tertiary/aromatic N) is 1. The van der Waals surface area contributed by atoms with E-state index in [4.69, 9.17) is 4.42 Å². The topological polar surface area (TPSA) is 79.6 Å². The third-order valence-electron chi connectivity index (χ3n) is 4.54. The number of anilines is 1. The van der Waals surface area contributed by atoms with E-state index < -0.39 is 10.0 Å². The van der Waals surface area contributed by atoms with Gasteiger partial charge in [-0.2, -0.15) is 4.31 Å². The van der Waals surface area contributed by atoms with E-state index in [1.807, 2.05) is 0 Å². The summed E-state index contributed by atoms with van der Waals surface area (Å²) in [6.45, 7) is 5.24. The molecule has 1 amide bonds. The van der Waals surface area contributed by atoms with E-state index in [2.05, 4.69) is 19.2 Å². The number of hydrogen-bond acceptors (Lipinski definition) is 4. The summed E-state index contributed by atoms with van der Waals surface area (Å²) >= 11 is 0. The molecule has 1 aliphatic heterocycles. The molecule has 2 aromatic rings. The van der Waals surface area contributed by atoms with Gasteiger partial charge in [-0.3, -0.25) is 4.79 Å². The fourth-order valence-electron chi connectivity index (χ4n) is 3.39. The minimum atomic E-state index is -3.52. The van der Waals surface area contributed by atoms with E-state index in [0.29, 0.717) is 36.4 Å². The standard InChI is InChI=1S/C20H24N2O4S/c1-15-12-16(2)14-22(13-15)27(24,25)19-8-5-17(6-9-19)21-20(23)10-7-18-4-3-11-26-18/h3-11,15-16H,12-14H2,1-2H3,(H,21,23)/b10-7+/t15-,16-/m1/s1. The first-order valence-electron chi connectivity index (χ1n) is 8.97. The lowest BCUT2D eigenvalue weighted by atomic mass is 9.94. The summed E-state index contributed by atoms with van der Waals surface area (Å²) in [5.74, 6) is 0.961. The van der Waals surface area contributed by atoms with Crippen molar-refractivity contribution >= 4 is 27.7 Å². The summed E-state index contributed by atoms with van der Waals surface area (Å²) in [6.07, 6.45) is 5.50. The number of carbonyl (C=O) groups is 1. The van der Waals surface area contributed by atoms with Crippen molar-refractivity contribution in [3.8, 4) is 0 Å². The molecule has 27 heavy (non-hydrogen) atoms. The maximum Gasteiger partial charge on any atom is 0.248 e. The molecule has 0 aliphatic carbocycles. The monoisotopic (exact) mass is 388 g/mol. The average molecular weight is 388 g/mol. The van der Waals surface area contributed by atoms with Gasteiger partial charge < -0.3 is 9.73 Å². The highest BCUT2D eigenvalue weighted by atomic mass is 32.2. The normalized spacial score (nSPS) is 21.4. The first-order chi connectivity index (χ1) is 12.8. The van der Waals surface area contributed by atoms with Crippen LogP contribution in [-0.2, 0) is 14.8 Å². The quantitative estimate of drug-likeness (QED) is 0.794. The molecule has 1 aromatic heterocycles. The van der Waals surface area contributed by atoms with Crippen LogP contribution >= 0.6 is 0 Å². The fraction of sp³-hybridized carbons (Fsp3) is 0.350. The summed E-state index contributed by atoms with van der Waals surface area (Å²) in [4.78, 5) is 12.2. The molecule has 1 aliphatic rings. The lowest BCUT2D eigenvalue weighted by molar-refractivity contribution is -0.111. The van der Waals surface area contributed by atoms with Crippen LogP contribution in [0.1, 0.15) is 26.0 Å². The van der Waals surface area contributed by atoms with Gasteiger partial charge in [-0.1, -0.05) is 13.8 Å². The van der Waals surface area contributed by atoms with Crippen molar-refractivity contribution in [1.82, 2.24) is 4.31 Å². The lowest BCUT2D eigenvalue weighted by Crippen LogP contribution is -2.42. The van der Waals surface area contributed by atoms with Crippen LogP contribution in [0.4, 0.5) is 5.69 Å². The number of sulfonamides is 1. The highest BCUT2D eigenvalue weighted by molar-refractivity contribution is 7.89. The van der Waals surface area contributed by atoms with E-state index in [1.165, 1.54) is 24.5 Å². The molecule has 7 heteroatoms. The Morgan fingerprint density at radius 1 is 1.15 bits per heavy atom. The first-order valence-corrected chi connectivity index (χ1v) is 10.4. The van der Waals surface area contributed by atoms with Crippen molar-refractivity contribution in [1.29, 1.82) is 0 Å². The van der Waals surface area contributed by atoms with Crippen LogP contribution in [-0.4, -0.2) is 31.7 Å². The first kappa shape index (κ1) is 19.4. The minimum absolute atomic E-state index is 0.243. The molecule has 3 rings (SSSR count). The summed E-state index contributed by atoms with van der Waals surface area (Å²) in [6, 6.07) is 9.74. The third kappa shape index (κ3) is 4.87. The number of amides is 1. The zero-order chi connectivity index (χ0) is 19.4. The van der Waals surface area contributed by atoms with Gasteiger partial charge in [0.1, 0.15) is 5.76 Å². The number of piperidine rings is 1. The smallest absolute Gasteiger partial charge is 0.248 e. The Balaban J connectivity index is 1.66. The molecule has 0 spiro atoms. The fourth-order valence-corrected chi connectivity index (χ4v) is 5.07. The number of furan rings is 1. The molecule has 0 bridgehead atoms. The molecule has 1 saturated heterocycles. The van der Waals surface area contributed by atoms with Crippen molar-refractivity contribution in [2.24, 2.45) is 11.8 Å². The Morgan fingerprint density at radius 2 is 1.81 bits per heavy atom. The molecule has 6 nitrogen and oxygen atoms in total. The largest absolute Gasteiger partial charge is 0.465 e. The van der Waals surface area contributed by atoms with Crippen molar-refractivity contribution in [3.63, 3.8) is 0 Å². The molecule has 0 radical (unpaired) electrons. The highest BCUT2D eigenvalue weighted by Gasteiger charge is 2.31. The lowest BCUT2D eigenvalue weighted by Gasteiger charge is -2.34. The second-order valence-electron chi connectivity index (χ2n) is 7.13. The maximum atomic E-state index is 12.9. The van der Waals surface area contributed by atoms with Crippen LogP contribution in [0.25, 0.3) is 6.08 Å². The summed E-state index contributed by atoms with van der Waals surface area (Å²) in [5, 5.41) is 2.70. The zero-order valence-electron chi connectivity index (χ0n) is 15.5. The van der Waals surface area contributed by atoms with Gasteiger partial charge in [0.15, 0.2) is 0 Å². The van der Waals surface area contributed by atoms with Gasteiger partial charge in [-0.15, -0.1) is 0 Å². The van der Waals surface area contributed by atoms with Gasteiger partial charge in [-0.05, 0) is 60.7 Å². The van der Waals surface area contributed by atoms with E-state index in [0.717, 1.165) is 6.42 Å². The van der Waals surface area contributed by atoms with Gasteiger partial charge >= 0.3 is 0 Å². The van der Waals surface area contributed by atoms with Gasteiger partial charge in [0, 0.05) is 24.9 Å². The predicted octanol–water partition coefficient (Wildman–Crippen LogP) is 3.60. The van der Waals surface area contributed by atoms with Crippen LogP contribution in [0.2, 0.25) is 0 Å². The second-order valence-corrected chi connectivity index (χ2v) is 9.07. The van der Waals surface area contributed by atoms with Crippen LogP contribution in [0.15, 0.2) is 58.1 Å². The Bertz CT molecular complexity index is 892. The van der Waals surface area contributed by atoms with Crippen molar-refractivity contribution in [3.05, 3.63) is 54.5 Å². The van der Waals surface area contributed by atoms with E-state index in [-0.39, 0.29) is 10.8 Å². The molecule has 0 saturated carbocycles. The number of rotatable bonds is 5. The molecular weight excluding hydrogens is 364 g/mol. The van der Waals surface area contributed by atoms with Crippen LogP contribution in [0.5, 0.6) is 0 Å². The Morgan fingerprint density at radius 3 is 2.41 bits per heavy atom.